The number of hydrogen-bond acceptors (Lipinski definition) is 2. The SMILES string of the molecule is CC(C)(C)NCc1ccc(Sc2ccccc2Cl)cc1. The van der Waals surface area contributed by atoms with Gasteiger partial charge in [0.25, 0.3) is 0 Å². The lowest BCUT2D eigenvalue weighted by Crippen LogP contribution is -2.35. The van der Waals surface area contributed by atoms with Gasteiger partial charge in [-0.2, -0.15) is 0 Å². The quantitative estimate of drug-likeness (QED) is 0.814. The minimum Gasteiger partial charge on any atom is -0.308 e. The number of benzene rings is 2. The molecule has 2 aromatic rings. The van der Waals surface area contributed by atoms with Crippen molar-refractivity contribution >= 4 is 23.4 Å². The van der Waals surface area contributed by atoms with E-state index in [4.69, 9.17) is 11.6 Å². The molecule has 0 aliphatic rings. The van der Waals surface area contributed by atoms with Crippen LogP contribution in [-0.2, 0) is 6.54 Å². The van der Waals surface area contributed by atoms with Crippen molar-refractivity contribution in [2.45, 2.75) is 42.6 Å². The van der Waals surface area contributed by atoms with E-state index in [1.807, 2.05) is 24.3 Å². The average molecular weight is 306 g/mol. The number of nitrogens with one attached hydrogen (secondary N) is 1. The molecule has 0 saturated carbocycles. The first kappa shape index (κ1) is 15.4. The zero-order valence-corrected chi connectivity index (χ0v) is 13.7. The fourth-order valence-corrected chi connectivity index (χ4v) is 2.79. The molecular weight excluding hydrogens is 286 g/mol. The van der Waals surface area contributed by atoms with E-state index >= 15 is 0 Å². The molecule has 1 nitrogen and oxygen atoms in total. The van der Waals surface area contributed by atoms with Crippen LogP contribution in [-0.4, -0.2) is 5.54 Å². The summed E-state index contributed by atoms with van der Waals surface area (Å²) in [6.07, 6.45) is 0. The van der Waals surface area contributed by atoms with Crippen LogP contribution in [0, 0.1) is 0 Å². The molecule has 0 heterocycles. The van der Waals surface area contributed by atoms with Gasteiger partial charge in [0, 0.05) is 21.9 Å². The second-order valence-electron chi connectivity index (χ2n) is 5.78. The van der Waals surface area contributed by atoms with E-state index in [1.165, 1.54) is 10.5 Å². The Morgan fingerprint density at radius 1 is 1.00 bits per heavy atom. The Labute approximate surface area is 130 Å². The van der Waals surface area contributed by atoms with Crippen LogP contribution in [0.15, 0.2) is 58.3 Å². The first-order valence-electron chi connectivity index (χ1n) is 6.70. The predicted molar refractivity (Wildman–Crippen MR) is 88.6 cm³/mol. The van der Waals surface area contributed by atoms with Gasteiger partial charge in [-0.1, -0.05) is 47.6 Å². The summed E-state index contributed by atoms with van der Waals surface area (Å²) < 4.78 is 0. The fourth-order valence-electron chi connectivity index (χ4n) is 1.70. The molecule has 0 radical (unpaired) electrons. The van der Waals surface area contributed by atoms with Gasteiger partial charge in [-0.05, 0) is 50.6 Å². The van der Waals surface area contributed by atoms with Gasteiger partial charge in [-0.25, -0.2) is 0 Å². The van der Waals surface area contributed by atoms with Crippen molar-refractivity contribution in [2.24, 2.45) is 0 Å². The highest BCUT2D eigenvalue weighted by atomic mass is 35.5. The zero-order valence-electron chi connectivity index (χ0n) is 12.1. The molecule has 0 amide bonds. The van der Waals surface area contributed by atoms with Crippen LogP contribution >= 0.6 is 23.4 Å². The second kappa shape index (κ2) is 6.66. The zero-order chi connectivity index (χ0) is 14.6. The van der Waals surface area contributed by atoms with Gasteiger partial charge >= 0.3 is 0 Å². The van der Waals surface area contributed by atoms with Crippen LogP contribution in [0.4, 0.5) is 0 Å². The lowest BCUT2D eigenvalue weighted by Gasteiger charge is -2.20. The summed E-state index contributed by atoms with van der Waals surface area (Å²) in [5.74, 6) is 0. The maximum atomic E-state index is 6.17. The van der Waals surface area contributed by atoms with Gasteiger partial charge in [-0.3, -0.25) is 0 Å². The first-order chi connectivity index (χ1) is 9.44. The minimum absolute atomic E-state index is 0.144. The number of rotatable bonds is 4. The van der Waals surface area contributed by atoms with Crippen LogP contribution in [0.25, 0.3) is 0 Å². The van der Waals surface area contributed by atoms with Crippen LogP contribution in [0.1, 0.15) is 26.3 Å². The van der Waals surface area contributed by atoms with E-state index in [0.29, 0.717) is 0 Å². The normalized spacial score (nSPS) is 11.6. The molecule has 0 atom stereocenters. The van der Waals surface area contributed by atoms with Gasteiger partial charge in [0.2, 0.25) is 0 Å². The van der Waals surface area contributed by atoms with Crippen molar-refractivity contribution in [3.05, 3.63) is 59.1 Å². The van der Waals surface area contributed by atoms with Gasteiger partial charge in [0.1, 0.15) is 0 Å². The molecule has 106 valence electrons. The molecule has 0 spiro atoms. The lowest BCUT2D eigenvalue weighted by atomic mass is 10.1. The Balaban J connectivity index is 2.00. The van der Waals surface area contributed by atoms with Crippen molar-refractivity contribution in [2.75, 3.05) is 0 Å². The molecule has 1 N–H and O–H groups in total. The number of hydrogen-bond donors (Lipinski definition) is 1. The smallest absolute Gasteiger partial charge is 0.0545 e. The van der Waals surface area contributed by atoms with Crippen molar-refractivity contribution in [1.82, 2.24) is 5.32 Å². The Hall–Kier alpha value is -0.960. The van der Waals surface area contributed by atoms with Gasteiger partial charge in [0.15, 0.2) is 0 Å². The summed E-state index contributed by atoms with van der Waals surface area (Å²) >= 11 is 7.87. The maximum Gasteiger partial charge on any atom is 0.0545 e. The molecule has 0 aliphatic heterocycles. The van der Waals surface area contributed by atoms with E-state index in [9.17, 15) is 0 Å². The summed E-state index contributed by atoms with van der Waals surface area (Å²) in [6, 6.07) is 16.5. The summed E-state index contributed by atoms with van der Waals surface area (Å²) in [6.45, 7) is 7.42. The average Bonchev–Trinajstić information content (AvgIpc) is 2.40. The number of halogens is 1. The van der Waals surface area contributed by atoms with Gasteiger partial charge in [0.05, 0.1) is 5.02 Å². The second-order valence-corrected chi connectivity index (χ2v) is 7.30. The molecule has 0 aromatic heterocycles. The molecular formula is C17H20ClNS. The highest BCUT2D eigenvalue weighted by Crippen LogP contribution is 2.32. The summed E-state index contributed by atoms with van der Waals surface area (Å²) in [7, 11) is 0. The molecule has 0 bridgehead atoms. The molecule has 0 fully saturated rings. The molecule has 20 heavy (non-hydrogen) atoms. The van der Waals surface area contributed by atoms with Crippen LogP contribution < -0.4 is 5.32 Å². The predicted octanol–water partition coefficient (Wildman–Crippen LogP) is 5.38. The third-order valence-corrected chi connectivity index (χ3v) is 4.34. The molecule has 3 heteroatoms. The third kappa shape index (κ3) is 4.86. The molecule has 0 aliphatic carbocycles. The molecule has 0 unspecified atom stereocenters. The fraction of sp³-hybridized carbons (Fsp3) is 0.294. The summed E-state index contributed by atoms with van der Waals surface area (Å²) in [4.78, 5) is 2.30. The van der Waals surface area contributed by atoms with E-state index < -0.39 is 0 Å². The van der Waals surface area contributed by atoms with E-state index in [2.05, 4.69) is 50.4 Å². The van der Waals surface area contributed by atoms with Crippen molar-refractivity contribution in [3.63, 3.8) is 0 Å². The maximum absolute atomic E-state index is 6.17. The highest BCUT2D eigenvalue weighted by Gasteiger charge is 2.08. The van der Waals surface area contributed by atoms with Gasteiger partial charge < -0.3 is 5.32 Å². The Morgan fingerprint density at radius 3 is 2.25 bits per heavy atom. The van der Waals surface area contributed by atoms with Crippen molar-refractivity contribution in [3.8, 4) is 0 Å². The molecule has 0 saturated heterocycles. The topological polar surface area (TPSA) is 12.0 Å². The monoisotopic (exact) mass is 305 g/mol. The standard InChI is InChI=1S/C17H20ClNS/c1-17(2,3)19-12-13-8-10-14(11-9-13)20-16-7-5-4-6-15(16)18/h4-11,19H,12H2,1-3H3. The van der Waals surface area contributed by atoms with Crippen LogP contribution in [0.2, 0.25) is 5.02 Å². The first-order valence-corrected chi connectivity index (χ1v) is 7.90. The lowest BCUT2D eigenvalue weighted by molar-refractivity contribution is 0.424. The summed E-state index contributed by atoms with van der Waals surface area (Å²) in [5, 5.41) is 4.29. The Bertz CT molecular complexity index is 558. The molecule has 2 aromatic carbocycles. The van der Waals surface area contributed by atoms with E-state index in [-0.39, 0.29) is 5.54 Å². The van der Waals surface area contributed by atoms with E-state index in [1.54, 1.807) is 11.8 Å². The Kier molecular flexibility index (Phi) is 5.14. The van der Waals surface area contributed by atoms with Crippen molar-refractivity contribution in [1.29, 1.82) is 0 Å². The van der Waals surface area contributed by atoms with Crippen LogP contribution in [0.3, 0.4) is 0 Å². The Morgan fingerprint density at radius 2 is 1.65 bits per heavy atom. The van der Waals surface area contributed by atoms with Crippen molar-refractivity contribution < 1.29 is 0 Å². The summed E-state index contributed by atoms with van der Waals surface area (Å²) in [5.41, 5.74) is 1.44. The molecule has 2 rings (SSSR count). The van der Waals surface area contributed by atoms with E-state index in [0.717, 1.165) is 16.5 Å². The minimum atomic E-state index is 0.144. The third-order valence-electron chi connectivity index (χ3n) is 2.81. The largest absolute Gasteiger partial charge is 0.308 e. The van der Waals surface area contributed by atoms with Crippen LogP contribution in [0.5, 0.6) is 0 Å². The highest BCUT2D eigenvalue weighted by molar-refractivity contribution is 7.99. The van der Waals surface area contributed by atoms with Gasteiger partial charge in [-0.15, -0.1) is 0 Å².